The molecule has 0 radical (unpaired) electrons. The van der Waals surface area contributed by atoms with Crippen LogP contribution in [0.15, 0.2) is 24.3 Å². The number of carbonyl (C=O) groups excluding carboxylic acids is 2. The normalized spacial score (nSPS) is 12.6. The first-order valence-corrected chi connectivity index (χ1v) is 22.7. The van der Waals surface area contributed by atoms with Crippen LogP contribution in [-0.2, 0) is 28.2 Å². The average molecular weight is 743 g/mol. The van der Waals surface area contributed by atoms with Crippen molar-refractivity contribution in [1.29, 1.82) is 0 Å². The van der Waals surface area contributed by atoms with Crippen LogP contribution in [0.4, 0.5) is 0 Å². The van der Waals surface area contributed by atoms with Gasteiger partial charge in [-0.2, -0.15) is 0 Å². The van der Waals surface area contributed by atoms with Gasteiger partial charge in [0.2, 0.25) is 0 Å². The Morgan fingerprint density at radius 1 is 0.510 bits per heavy atom. The fourth-order valence-electron chi connectivity index (χ4n) is 6.05. The summed E-state index contributed by atoms with van der Waals surface area (Å²) < 4.78 is 26.4. The third-order valence-electron chi connectivity index (χ3n) is 9.22. The fraction of sp³-hybridized carbons (Fsp3) is 0.857. The summed E-state index contributed by atoms with van der Waals surface area (Å²) in [6.07, 6.45) is 43.2. The van der Waals surface area contributed by atoms with E-state index in [9.17, 15) is 14.2 Å². The van der Waals surface area contributed by atoms with Crippen LogP contribution in [0, 0.1) is 0 Å². The van der Waals surface area contributed by atoms with Gasteiger partial charge in [-0.15, -0.1) is 0 Å². The first-order valence-electron chi connectivity index (χ1n) is 21.1. The highest BCUT2D eigenvalue weighted by atomic mass is 31.2. The summed E-state index contributed by atoms with van der Waals surface area (Å²) in [4.78, 5) is 42.8. The smallest absolute Gasteiger partial charge is 0.462 e. The molecule has 0 saturated heterocycles. The minimum atomic E-state index is -4.75. The largest absolute Gasteiger partial charge is 0.469 e. The van der Waals surface area contributed by atoms with Gasteiger partial charge in [-0.05, 0) is 44.9 Å². The highest BCUT2D eigenvalue weighted by Crippen LogP contribution is 2.36. The van der Waals surface area contributed by atoms with E-state index in [-0.39, 0.29) is 19.4 Å². The lowest BCUT2D eigenvalue weighted by Crippen LogP contribution is -2.29. The van der Waals surface area contributed by atoms with Crippen molar-refractivity contribution in [2.24, 2.45) is 0 Å². The van der Waals surface area contributed by atoms with E-state index in [1.165, 1.54) is 116 Å². The van der Waals surface area contributed by atoms with Crippen molar-refractivity contribution >= 4 is 19.8 Å². The number of carbonyl (C=O) groups is 2. The molecule has 300 valence electrons. The van der Waals surface area contributed by atoms with Crippen LogP contribution in [0.2, 0.25) is 0 Å². The van der Waals surface area contributed by atoms with Gasteiger partial charge >= 0.3 is 19.8 Å². The van der Waals surface area contributed by atoms with E-state index in [2.05, 4.69) is 42.7 Å². The molecule has 0 spiro atoms. The van der Waals surface area contributed by atoms with Crippen molar-refractivity contribution in [3.63, 3.8) is 0 Å². The first kappa shape index (κ1) is 49.5. The van der Waals surface area contributed by atoms with E-state index in [1.807, 2.05) is 0 Å². The summed E-state index contributed by atoms with van der Waals surface area (Å²) in [5.41, 5.74) is 0. The van der Waals surface area contributed by atoms with Crippen LogP contribution >= 0.6 is 7.82 Å². The topological polar surface area (TPSA) is 119 Å². The maximum absolute atomic E-state index is 12.4. The van der Waals surface area contributed by atoms with E-state index in [1.54, 1.807) is 0 Å². The molecule has 1 atom stereocenters. The molecule has 0 aliphatic heterocycles. The number of unbranched alkanes of at least 4 members (excludes halogenated alkanes) is 25. The lowest BCUT2D eigenvalue weighted by Gasteiger charge is -2.18. The molecule has 0 aliphatic carbocycles. The van der Waals surface area contributed by atoms with Gasteiger partial charge in [0, 0.05) is 12.8 Å². The molecule has 0 bridgehead atoms. The summed E-state index contributed by atoms with van der Waals surface area (Å²) in [5.74, 6) is -0.892. The second kappa shape index (κ2) is 38.3. The highest BCUT2D eigenvalue weighted by Gasteiger charge is 2.22. The van der Waals surface area contributed by atoms with Crippen molar-refractivity contribution in [3.8, 4) is 0 Å². The molecule has 51 heavy (non-hydrogen) atoms. The lowest BCUT2D eigenvalue weighted by atomic mass is 10.0. The molecule has 0 amide bonds. The summed E-state index contributed by atoms with van der Waals surface area (Å²) in [6, 6.07) is 0. The number of esters is 2. The Balaban J connectivity index is 3.90. The van der Waals surface area contributed by atoms with E-state index in [0.29, 0.717) is 12.8 Å². The zero-order valence-electron chi connectivity index (χ0n) is 33.0. The van der Waals surface area contributed by atoms with Crippen molar-refractivity contribution in [3.05, 3.63) is 24.3 Å². The Morgan fingerprint density at radius 2 is 0.882 bits per heavy atom. The third kappa shape index (κ3) is 41.2. The molecule has 0 aliphatic rings. The average Bonchev–Trinajstić information content (AvgIpc) is 3.10. The molecule has 9 heteroatoms. The molecule has 0 aromatic heterocycles. The van der Waals surface area contributed by atoms with Gasteiger partial charge in [0.25, 0.3) is 0 Å². The number of phosphoric acid groups is 1. The monoisotopic (exact) mass is 743 g/mol. The molecule has 0 heterocycles. The van der Waals surface area contributed by atoms with Crippen LogP contribution < -0.4 is 0 Å². The van der Waals surface area contributed by atoms with Crippen molar-refractivity contribution < 1.29 is 37.9 Å². The molecule has 0 aromatic rings. The Kier molecular flexibility index (Phi) is 37.2. The summed E-state index contributed by atoms with van der Waals surface area (Å²) >= 11 is 0. The standard InChI is InChI=1S/C42H79O8P/c1-3-5-7-9-11-13-15-17-19-20-21-23-25-27-29-31-33-35-37-42(44)50-40(39-49-51(45,46)47)38-48-41(43)36-34-32-30-28-26-24-22-18-16-14-12-10-8-6-4-2/h12,14,18,22,40H,3-11,13,15-17,19-21,23-39H2,1-2H3,(H2,45,46,47)/b14-12+,22-18+/t40-/m1/s1. The quantitative estimate of drug-likeness (QED) is 0.0276. The van der Waals surface area contributed by atoms with E-state index in [4.69, 9.17) is 19.3 Å². The molecule has 0 unspecified atom stereocenters. The predicted molar refractivity (Wildman–Crippen MR) is 212 cm³/mol. The highest BCUT2D eigenvalue weighted by molar-refractivity contribution is 7.46. The number of hydrogen-bond donors (Lipinski definition) is 2. The van der Waals surface area contributed by atoms with Gasteiger partial charge < -0.3 is 19.3 Å². The van der Waals surface area contributed by atoms with Crippen LogP contribution in [-0.4, -0.2) is 41.0 Å². The zero-order chi connectivity index (χ0) is 37.5. The van der Waals surface area contributed by atoms with Crippen molar-refractivity contribution in [2.45, 2.75) is 219 Å². The Bertz CT molecular complexity index is 884. The molecule has 0 aromatic carbocycles. The fourth-order valence-corrected chi connectivity index (χ4v) is 6.41. The second-order valence-corrected chi connectivity index (χ2v) is 15.6. The molecule has 0 fully saturated rings. The van der Waals surface area contributed by atoms with Crippen LogP contribution in [0.25, 0.3) is 0 Å². The van der Waals surface area contributed by atoms with Gasteiger partial charge in [-0.1, -0.05) is 179 Å². The van der Waals surface area contributed by atoms with Gasteiger partial charge in [0.05, 0.1) is 6.61 Å². The molecule has 0 rings (SSSR count). The number of hydrogen-bond acceptors (Lipinski definition) is 6. The molecule has 0 saturated carbocycles. The predicted octanol–water partition coefficient (Wildman–Crippen LogP) is 12.8. The summed E-state index contributed by atoms with van der Waals surface area (Å²) in [6.45, 7) is 3.67. The summed E-state index contributed by atoms with van der Waals surface area (Å²) in [5, 5.41) is 0. The molecule has 8 nitrogen and oxygen atoms in total. The van der Waals surface area contributed by atoms with Crippen LogP contribution in [0.1, 0.15) is 213 Å². The van der Waals surface area contributed by atoms with Gasteiger partial charge in [0.15, 0.2) is 6.10 Å². The number of rotatable bonds is 39. The minimum absolute atomic E-state index is 0.213. The molecular weight excluding hydrogens is 663 g/mol. The van der Waals surface area contributed by atoms with Crippen LogP contribution in [0.3, 0.4) is 0 Å². The Labute approximate surface area is 313 Å². The van der Waals surface area contributed by atoms with E-state index >= 15 is 0 Å². The Morgan fingerprint density at radius 3 is 1.33 bits per heavy atom. The zero-order valence-corrected chi connectivity index (χ0v) is 33.9. The second-order valence-electron chi connectivity index (χ2n) is 14.3. The SMILES string of the molecule is CCCCC/C=C/C/C=C/CCCCCCCC(=O)OC[C@H](COP(=O)(O)O)OC(=O)CCCCCCCCCCCCCCCCCCCC. The van der Waals surface area contributed by atoms with Crippen molar-refractivity contribution in [1.82, 2.24) is 0 Å². The Hall–Kier alpha value is -1.47. The maximum Gasteiger partial charge on any atom is 0.469 e. The minimum Gasteiger partial charge on any atom is -0.462 e. The van der Waals surface area contributed by atoms with Crippen molar-refractivity contribution in [2.75, 3.05) is 13.2 Å². The number of ether oxygens (including phenoxy) is 2. The first-order chi connectivity index (χ1) is 24.8. The van der Waals surface area contributed by atoms with E-state index < -0.39 is 32.5 Å². The number of phosphoric ester groups is 1. The molecule has 2 N–H and O–H groups in total. The molecular formula is C42H79O8P. The number of allylic oxidation sites excluding steroid dienone is 4. The lowest BCUT2D eigenvalue weighted by molar-refractivity contribution is -0.161. The van der Waals surface area contributed by atoms with Gasteiger partial charge in [-0.25, -0.2) is 4.57 Å². The summed E-state index contributed by atoms with van der Waals surface area (Å²) in [7, 11) is -4.75. The van der Waals surface area contributed by atoms with Gasteiger partial charge in [-0.3, -0.25) is 14.1 Å². The van der Waals surface area contributed by atoms with Gasteiger partial charge in [0.1, 0.15) is 6.61 Å². The third-order valence-corrected chi connectivity index (χ3v) is 9.71. The van der Waals surface area contributed by atoms with Crippen LogP contribution in [0.5, 0.6) is 0 Å². The maximum atomic E-state index is 12.4. The van der Waals surface area contributed by atoms with E-state index in [0.717, 1.165) is 57.8 Å².